The van der Waals surface area contributed by atoms with E-state index in [9.17, 15) is 0 Å². The first kappa shape index (κ1) is 9.23. The first-order valence-corrected chi connectivity index (χ1v) is 0.447. The second-order valence-electron chi connectivity index (χ2n) is 0.100. The van der Waals surface area contributed by atoms with Crippen molar-refractivity contribution in [1.82, 2.24) is 0 Å². The fourth-order valence-corrected chi connectivity index (χ4v) is 0. The minimum atomic E-state index is 0. The molecule has 0 aromatic rings. The predicted molar refractivity (Wildman–Crippen MR) is 17.9 cm³/mol. The summed E-state index contributed by atoms with van der Waals surface area (Å²) in [6.07, 6.45) is 0.750. The molecule has 0 fully saturated rings. The number of hydrogen-bond acceptors (Lipinski definition) is 2. The molecule has 0 spiro atoms. The van der Waals surface area contributed by atoms with Crippen LogP contribution in [0, 0.1) is 11.5 Å². The molecular weight excluding hydrogens is 122 g/mol. The molecule has 0 aromatic heterocycles. The number of nitrogens with zero attached hydrogens (tertiary/aromatic N) is 1. The van der Waals surface area contributed by atoms with Gasteiger partial charge in [-0.25, -0.2) is 0 Å². The summed E-state index contributed by atoms with van der Waals surface area (Å²) in [5.74, 6) is 0. The molecule has 0 atom stereocenters. The van der Waals surface area contributed by atoms with Gasteiger partial charge in [0.25, 0.3) is 6.26 Å². The number of rotatable bonds is 0. The number of aliphatic hydroxyl groups is 1. The maximum Gasteiger partial charge on any atom is 0.283 e. The van der Waals surface area contributed by atoms with Crippen molar-refractivity contribution >= 4 is 17.0 Å². The molecule has 0 aromatic carbocycles. The average molecular weight is 124 g/mol. The van der Waals surface area contributed by atoms with E-state index in [0.29, 0.717) is 0 Å². The Bertz CT molecular complexity index is 29.5. The van der Waals surface area contributed by atoms with Crippen LogP contribution in [0.5, 0.6) is 0 Å². The molecule has 0 aliphatic carbocycles. The second-order valence-corrected chi connectivity index (χ2v) is 0.100. The summed E-state index contributed by atoms with van der Waals surface area (Å²) >= 11 is 0. The third-order valence-electron chi connectivity index (χ3n) is 0. The summed E-state index contributed by atoms with van der Waals surface area (Å²) in [6.45, 7) is 0. The summed E-state index contributed by atoms with van der Waals surface area (Å²) in [7, 11) is 0. The quantitative estimate of drug-likeness (QED) is 0.475. The zero-order valence-corrected chi connectivity index (χ0v) is 3.52. The lowest BCUT2D eigenvalue weighted by Gasteiger charge is -1.25. The van der Waals surface area contributed by atoms with Crippen LogP contribution in [0.2, 0.25) is 0 Å². The van der Waals surface area contributed by atoms with Crippen molar-refractivity contribution in [2.45, 2.75) is 0 Å². The minimum absolute atomic E-state index is 0. The Kier molecular flexibility index (Phi) is 33.8. The van der Waals surface area contributed by atoms with Gasteiger partial charge in [0.1, 0.15) is 0 Å². The number of hydrogen-bond donors (Lipinski definition) is 1. The fourth-order valence-electron chi connectivity index (χ4n) is 0. The Morgan fingerprint density at radius 3 is 1.75 bits per heavy atom. The van der Waals surface area contributed by atoms with Crippen molar-refractivity contribution in [3.8, 4) is 6.26 Å². The first-order chi connectivity index (χ1) is 1.41. The molecule has 0 aliphatic heterocycles. The lowest BCUT2D eigenvalue weighted by atomic mass is 11.6. The highest BCUT2D eigenvalue weighted by atomic mass is 79.9. The van der Waals surface area contributed by atoms with Gasteiger partial charge in [0, 0.05) is 0 Å². The molecule has 0 aliphatic rings. The van der Waals surface area contributed by atoms with Crippen LogP contribution in [-0.2, 0) is 0 Å². The topological polar surface area (TPSA) is 44.0 Å². The van der Waals surface area contributed by atoms with E-state index in [1.165, 1.54) is 0 Å². The van der Waals surface area contributed by atoms with Crippen LogP contribution in [0.1, 0.15) is 0 Å². The van der Waals surface area contributed by atoms with Crippen molar-refractivity contribution < 1.29 is 5.11 Å². The molecule has 0 saturated heterocycles. The maximum absolute atomic E-state index is 6.88. The standard InChI is InChI=1S/CHNO.BrH/c2-1-3;/h3H;1H. The van der Waals surface area contributed by atoms with Gasteiger partial charge in [-0.1, -0.05) is 0 Å². The first-order valence-electron chi connectivity index (χ1n) is 0.447. The van der Waals surface area contributed by atoms with Crippen molar-refractivity contribution in [1.29, 1.82) is 5.26 Å². The van der Waals surface area contributed by atoms with Gasteiger partial charge < -0.3 is 5.11 Å². The molecule has 4 heavy (non-hydrogen) atoms. The molecule has 24 valence electrons. The van der Waals surface area contributed by atoms with E-state index in [2.05, 4.69) is 0 Å². The van der Waals surface area contributed by atoms with Crippen molar-refractivity contribution in [3.63, 3.8) is 0 Å². The average Bonchev–Trinajstić information content (AvgIpc) is 0.918. The van der Waals surface area contributed by atoms with Gasteiger partial charge in [0.05, 0.1) is 0 Å². The van der Waals surface area contributed by atoms with Crippen LogP contribution in [0.3, 0.4) is 0 Å². The Hall–Kier alpha value is -0.230. The smallest absolute Gasteiger partial charge is 0.283 e. The van der Waals surface area contributed by atoms with Crippen LogP contribution in [0.15, 0.2) is 0 Å². The Labute approximate surface area is 34.4 Å². The van der Waals surface area contributed by atoms with Crippen LogP contribution in [0.4, 0.5) is 0 Å². The third kappa shape index (κ3) is 19.8. The summed E-state index contributed by atoms with van der Waals surface area (Å²) in [5.41, 5.74) is 0. The Morgan fingerprint density at radius 1 is 1.75 bits per heavy atom. The molecule has 0 bridgehead atoms. The molecule has 0 amide bonds. The van der Waals surface area contributed by atoms with Crippen LogP contribution >= 0.6 is 17.0 Å². The maximum atomic E-state index is 6.88. The van der Waals surface area contributed by atoms with E-state index in [1.807, 2.05) is 0 Å². The van der Waals surface area contributed by atoms with E-state index in [1.54, 1.807) is 0 Å². The van der Waals surface area contributed by atoms with Gasteiger partial charge in [-0.3, -0.25) is 0 Å². The minimum Gasteiger partial charge on any atom is -0.443 e. The molecule has 1 N–H and O–H groups in total. The zero-order valence-electron chi connectivity index (χ0n) is 1.80. The highest BCUT2D eigenvalue weighted by Gasteiger charge is 1.16. The Morgan fingerprint density at radius 2 is 1.75 bits per heavy atom. The van der Waals surface area contributed by atoms with E-state index in [0.717, 1.165) is 6.26 Å². The SMILES string of the molecule is Br.N#CO. The molecule has 3 heteroatoms. The highest BCUT2D eigenvalue weighted by Crippen LogP contribution is 1.06. The van der Waals surface area contributed by atoms with E-state index < -0.39 is 0 Å². The molecular formula is CH2BrNO. The monoisotopic (exact) mass is 123 g/mol. The number of halogens is 1. The largest absolute Gasteiger partial charge is 0.443 e. The molecule has 0 saturated carbocycles. The second kappa shape index (κ2) is 14.6. The van der Waals surface area contributed by atoms with Crippen molar-refractivity contribution in [2.75, 3.05) is 0 Å². The van der Waals surface area contributed by atoms with Crippen LogP contribution < -0.4 is 0 Å². The summed E-state index contributed by atoms with van der Waals surface area (Å²) in [5, 5.41) is 13.8. The van der Waals surface area contributed by atoms with Gasteiger partial charge in [0.2, 0.25) is 0 Å². The summed E-state index contributed by atoms with van der Waals surface area (Å²) < 4.78 is 0. The molecule has 0 rings (SSSR count). The van der Waals surface area contributed by atoms with E-state index >= 15 is 0 Å². The highest BCUT2D eigenvalue weighted by molar-refractivity contribution is 8.93. The van der Waals surface area contributed by atoms with Gasteiger partial charge in [-0.2, -0.15) is 5.26 Å². The van der Waals surface area contributed by atoms with Crippen LogP contribution in [0.25, 0.3) is 0 Å². The normalized spacial score (nSPS) is 1.75. The summed E-state index contributed by atoms with van der Waals surface area (Å²) in [4.78, 5) is 0. The van der Waals surface area contributed by atoms with Gasteiger partial charge >= 0.3 is 0 Å². The lowest BCUT2D eigenvalue weighted by Crippen LogP contribution is -1.27. The van der Waals surface area contributed by atoms with E-state index in [-0.39, 0.29) is 17.0 Å². The molecule has 0 heterocycles. The van der Waals surface area contributed by atoms with Crippen molar-refractivity contribution in [2.24, 2.45) is 0 Å². The lowest BCUT2D eigenvalue weighted by molar-refractivity contribution is 0.503. The number of nitriles is 1. The van der Waals surface area contributed by atoms with Gasteiger partial charge in [-0.05, 0) is 0 Å². The van der Waals surface area contributed by atoms with E-state index in [4.69, 9.17) is 10.4 Å². The molecule has 0 radical (unpaired) electrons. The van der Waals surface area contributed by atoms with Crippen LogP contribution in [-0.4, -0.2) is 5.11 Å². The number of aliphatic hydroxyl groups excluding tert-OH is 1. The fraction of sp³-hybridized carbons (Fsp3) is 0. The third-order valence-corrected chi connectivity index (χ3v) is 0. The predicted octanol–water partition coefficient (Wildman–Crippen LogP) is 0.418. The Balaban J connectivity index is 0. The summed E-state index contributed by atoms with van der Waals surface area (Å²) in [6, 6.07) is 0. The molecule has 2 nitrogen and oxygen atoms in total. The van der Waals surface area contributed by atoms with Gasteiger partial charge in [-0.15, -0.1) is 17.0 Å². The zero-order chi connectivity index (χ0) is 2.71. The van der Waals surface area contributed by atoms with Gasteiger partial charge in [0.15, 0.2) is 0 Å². The molecule has 0 unspecified atom stereocenters. The van der Waals surface area contributed by atoms with Crippen molar-refractivity contribution in [3.05, 3.63) is 0 Å².